The highest BCUT2D eigenvalue weighted by molar-refractivity contribution is 7.89. The number of para-hydroxylation sites is 2. The third-order valence-electron chi connectivity index (χ3n) is 5.94. The Kier molecular flexibility index (Phi) is 6.16. The highest BCUT2D eigenvalue weighted by Crippen LogP contribution is 2.33. The Morgan fingerprint density at radius 3 is 2.53 bits per heavy atom. The van der Waals surface area contributed by atoms with Crippen LogP contribution in [0.25, 0.3) is 11.0 Å². The van der Waals surface area contributed by atoms with Gasteiger partial charge in [0, 0.05) is 32.7 Å². The summed E-state index contributed by atoms with van der Waals surface area (Å²) in [5.41, 5.74) is 2.00. The van der Waals surface area contributed by atoms with Gasteiger partial charge in [-0.2, -0.15) is 4.31 Å². The van der Waals surface area contributed by atoms with Crippen LogP contribution in [0.2, 0.25) is 0 Å². The minimum Gasteiger partial charge on any atom is -0.362 e. The summed E-state index contributed by atoms with van der Waals surface area (Å²) in [7, 11) is -2.00. The number of rotatable bonds is 7. The van der Waals surface area contributed by atoms with E-state index in [4.69, 9.17) is 4.98 Å². The lowest BCUT2D eigenvalue weighted by atomic mass is 10.2. The summed E-state index contributed by atoms with van der Waals surface area (Å²) < 4.78 is 29.5. The van der Waals surface area contributed by atoms with E-state index >= 15 is 0 Å². The fourth-order valence-electron chi connectivity index (χ4n) is 4.28. The number of fused-ring (bicyclic) bond motifs is 1. The summed E-state index contributed by atoms with van der Waals surface area (Å²) in [5.74, 6) is 0.788. The van der Waals surface area contributed by atoms with Crippen LogP contribution in [-0.4, -0.2) is 47.3 Å². The summed E-state index contributed by atoms with van der Waals surface area (Å²) in [5, 5.41) is 11.8. The summed E-state index contributed by atoms with van der Waals surface area (Å²) in [4.78, 5) is 17.7. The molecule has 0 bridgehead atoms. The first kappa shape index (κ1) is 22.2. The number of nitro benzene ring substituents is 1. The minimum atomic E-state index is -3.75. The van der Waals surface area contributed by atoms with E-state index in [-0.39, 0.29) is 10.6 Å². The molecule has 2 heterocycles. The lowest BCUT2D eigenvalue weighted by Crippen LogP contribution is -2.35. The average Bonchev–Trinajstić information content (AvgIpc) is 3.15. The number of imidazole rings is 1. The van der Waals surface area contributed by atoms with E-state index in [9.17, 15) is 18.5 Å². The van der Waals surface area contributed by atoms with Gasteiger partial charge in [0.05, 0.1) is 27.4 Å². The number of hydrogen-bond donors (Lipinski definition) is 0. The Balaban J connectivity index is 1.67. The van der Waals surface area contributed by atoms with Crippen molar-refractivity contribution >= 4 is 32.4 Å². The fraction of sp³-hybridized carbons (Fsp3) is 0.409. The molecule has 3 aromatic rings. The van der Waals surface area contributed by atoms with Crippen LogP contribution < -0.4 is 4.90 Å². The van der Waals surface area contributed by atoms with Gasteiger partial charge in [-0.15, -0.1) is 0 Å². The zero-order chi connectivity index (χ0) is 22.9. The lowest BCUT2D eigenvalue weighted by Gasteiger charge is -2.26. The van der Waals surface area contributed by atoms with Crippen LogP contribution in [0.3, 0.4) is 0 Å². The van der Waals surface area contributed by atoms with E-state index in [0.29, 0.717) is 25.3 Å². The molecular formula is C22H27N5O4S. The van der Waals surface area contributed by atoms with Crippen LogP contribution in [0, 0.1) is 10.1 Å². The molecule has 4 rings (SSSR count). The number of hydrogen-bond acceptors (Lipinski definition) is 6. The zero-order valence-corrected chi connectivity index (χ0v) is 19.1. The van der Waals surface area contributed by atoms with Gasteiger partial charge in [0.25, 0.3) is 5.69 Å². The molecule has 1 aliphatic rings. The first-order chi connectivity index (χ1) is 15.3. The van der Waals surface area contributed by atoms with Crippen molar-refractivity contribution in [2.45, 2.75) is 44.2 Å². The van der Waals surface area contributed by atoms with Gasteiger partial charge in [0.1, 0.15) is 11.5 Å². The van der Waals surface area contributed by atoms with Gasteiger partial charge in [-0.25, -0.2) is 13.4 Å². The molecule has 0 aliphatic carbocycles. The maximum Gasteiger partial charge on any atom is 0.293 e. The van der Waals surface area contributed by atoms with Gasteiger partial charge in [-0.05, 0) is 44.0 Å². The Morgan fingerprint density at radius 2 is 1.84 bits per heavy atom. The van der Waals surface area contributed by atoms with Crippen LogP contribution in [0.15, 0.2) is 47.4 Å². The Labute approximate surface area is 187 Å². The van der Waals surface area contributed by atoms with Crippen molar-refractivity contribution in [2.75, 3.05) is 25.0 Å². The molecule has 1 aliphatic heterocycles. The molecule has 10 heteroatoms. The third kappa shape index (κ3) is 4.07. The molecule has 0 amide bonds. The topological polar surface area (TPSA) is 102 Å². The quantitative estimate of drug-likeness (QED) is 0.395. The SMILES string of the molecule is CCn1c(CN(C)c2ccc(S(=O)(=O)N3CCCCC3)cc2[N+](=O)[O-])nc2ccccc21. The van der Waals surface area contributed by atoms with Crippen molar-refractivity contribution in [1.82, 2.24) is 13.9 Å². The van der Waals surface area contributed by atoms with Crippen molar-refractivity contribution in [3.05, 3.63) is 58.4 Å². The number of benzene rings is 2. The van der Waals surface area contributed by atoms with E-state index in [1.54, 1.807) is 11.9 Å². The summed E-state index contributed by atoms with van der Waals surface area (Å²) in [6.45, 7) is 4.00. The van der Waals surface area contributed by atoms with Gasteiger partial charge in [0.15, 0.2) is 0 Å². The highest BCUT2D eigenvalue weighted by atomic mass is 32.2. The second-order valence-electron chi connectivity index (χ2n) is 7.99. The number of sulfonamides is 1. The number of nitro groups is 1. The molecule has 32 heavy (non-hydrogen) atoms. The first-order valence-corrected chi connectivity index (χ1v) is 12.2. The van der Waals surface area contributed by atoms with Crippen molar-refractivity contribution in [2.24, 2.45) is 0 Å². The van der Waals surface area contributed by atoms with E-state index < -0.39 is 14.9 Å². The smallest absolute Gasteiger partial charge is 0.293 e. The lowest BCUT2D eigenvalue weighted by molar-refractivity contribution is -0.384. The third-order valence-corrected chi connectivity index (χ3v) is 7.83. The van der Waals surface area contributed by atoms with Crippen LogP contribution in [0.1, 0.15) is 32.0 Å². The number of aromatic nitrogens is 2. The van der Waals surface area contributed by atoms with Crippen LogP contribution in [0.4, 0.5) is 11.4 Å². The molecule has 9 nitrogen and oxygen atoms in total. The molecular weight excluding hydrogens is 430 g/mol. The van der Waals surface area contributed by atoms with E-state index in [0.717, 1.165) is 42.7 Å². The highest BCUT2D eigenvalue weighted by Gasteiger charge is 2.29. The number of nitrogens with zero attached hydrogens (tertiary/aromatic N) is 5. The fourth-order valence-corrected chi connectivity index (χ4v) is 5.82. The number of piperidine rings is 1. The van der Waals surface area contributed by atoms with E-state index in [2.05, 4.69) is 4.57 Å². The zero-order valence-electron chi connectivity index (χ0n) is 18.3. The Bertz CT molecular complexity index is 1250. The second-order valence-corrected chi connectivity index (χ2v) is 9.93. The van der Waals surface area contributed by atoms with Crippen molar-refractivity contribution in [3.63, 3.8) is 0 Å². The second kappa shape index (κ2) is 8.87. The molecule has 0 spiro atoms. The molecule has 0 atom stereocenters. The van der Waals surface area contributed by atoms with Gasteiger partial charge in [-0.3, -0.25) is 10.1 Å². The molecule has 2 aromatic carbocycles. The maximum absolute atomic E-state index is 13.0. The molecule has 1 saturated heterocycles. The van der Waals surface area contributed by atoms with E-state index in [1.807, 2.05) is 31.2 Å². The molecule has 1 aromatic heterocycles. The average molecular weight is 458 g/mol. The summed E-state index contributed by atoms with van der Waals surface area (Å²) >= 11 is 0. The van der Waals surface area contributed by atoms with Gasteiger partial charge >= 0.3 is 0 Å². The normalized spacial score (nSPS) is 15.2. The number of anilines is 1. The predicted molar refractivity (Wildman–Crippen MR) is 123 cm³/mol. The summed E-state index contributed by atoms with van der Waals surface area (Å²) in [6, 6.07) is 12.0. The van der Waals surface area contributed by atoms with Crippen molar-refractivity contribution in [3.8, 4) is 0 Å². The van der Waals surface area contributed by atoms with Gasteiger partial charge in [0.2, 0.25) is 10.0 Å². The van der Waals surface area contributed by atoms with Crippen LogP contribution in [-0.2, 0) is 23.1 Å². The molecule has 0 saturated carbocycles. The maximum atomic E-state index is 13.0. The largest absolute Gasteiger partial charge is 0.362 e. The van der Waals surface area contributed by atoms with E-state index in [1.165, 1.54) is 22.5 Å². The molecule has 0 unspecified atom stereocenters. The standard InChI is InChI=1S/C22H27N5O4S/c1-3-26-19-10-6-5-9-18(19)23-22(26)16-24(2)20-12-11-17(15-21(20)27(28)29)32(30,31)25-13-7-4-8-14-25/h5-6,9-12,15H,3-4,7-8,13-14,16H2,1-2H3. The minimum absolute atomic E-state index is 0.0379. The summed E-state index contributed by atoms with van der Waals surface area (Å²) in [6.07, 6.45) is 2.61. The first-order valence-electron chi connectivity index (χ1n) is 10.8. The van der Waals surface area contributed by atoms with Gasteiger partial charge in [-0.1, -0.05) is 18.6 Å². The Hall–Kier alpha value is -2.98. The molecule has 0 radical (unpaired) electrons. The Morgan fingerprint density at radius 1 is 1.12 bits per heavy atom. The number of aryl methyl sites for hydroxylation is 1. The molecule has 170 valence electrons. The predicted octanol–water partition coefficient (Wildman–Crippen LogP) is 3.78. The van der Waals surface area contributed by atoms with Crippen molar-refractivity contribution in [1.29, 1.82) is 0 Å². The van der Waals surface area contributed by atoms with Crippen molar-refractivity contribution < 1.29 is 13.3 Å². The van der Waals surface area contributed by atoms with Crippen LogP contribution >= 0.6 is 0 Å². The molecule has 1 fully saturated rings. The van der Waals surface area contributed by atoms with Crippen LogP contribution in [0.5, 0.6) is 0 Å². The molecule has 0 N–H and O–H groups in total. The van der Waals surface area contributed by atoms with Gasteiger partial charge < -0.3 is 9.47 Å². The monoisotopic (exact) mass is 457 g/mol.